The molecule has 1 aliphatic rings. The van der Waals surface area contributed by atoms with Gasteiger partial charge in [0.1, 0.15) is 10.2 Å². The number of aromatic nitrogens is 2. The van der Waals surface area contributed by atoms with E-state index in [2.05, 4.69) is 11.0 Å². The predicted octanol–water partition coefficient (Wildman–Crippen LogP) is 3.07. The Kier molecular flexibility index (Phi) is 5.55. The number of benzene rings is 1. The van der Waals surface area contributed by atoms with Crippen LogP contribution in [0.4, 0.5) is 5.95 Å². The fourth-order valence-electron chi connectivity index (χ4n) is 3.80. The summed E-state index contributed by atoms with van der Waals surface area (Å²) < 4.78 is 2.12. The normalized spacial score (nSPS) is 14.0. The lowest BCUT2D eigenvalue weighted by atomic mass is 10.1. The Balaban J connectivity index is 1.91. The number of carbonyl (C=O) groups is 1. The fourth-order valence-corrected chi connectivity index (χ4v) is 4.72. The minimum absolute atomic E-state index is 0.162. The van der Waals surface area contributed by atoms with E-state index in [-0.39, 0.29) is 18.0 Å². The summed E-state index contributed by atoms with van der Waals surface area (Å²) >= 11 is 1.25. The van der Waals surface area contributed by atoms with Crippen LogP contribution < -0.4 is 10.5 Å². The highest BCUT2D eigenvalue weighted by molar-refractivity contribution is 7.17. The van der Waals surface area contributed by atoms with Gasteiger partial charge in [-0.3, -0.25) is 14.2 Å². The first kappa shape index (κ1) is 20.1. The number of fused-ring (bicyclic) bond motifs is 1. The lowest BCUT2D eigenvalue weighted by Gasteiger charge is -2.29. The summed E-state index contributed by atoms with van der Waals surface area (Å²) in [6.45, 7) is 1.91. The number of nitriles is 1. The van der Waals surface area contributed by atoms with Crippen molar-refractivity contribution in [1.82, 2.24) is 14.5 Å². The van der Waals surface area contributed by atoms with E-state index in [0.717, 1.165) is 37.9 Å². The Morgan fingerprint density at radius 2 is 1.97 bits per heavy atom. The molecule has 0 atom stereocenters. The maximum atomic E-state index is 13.5. The smallest absolute Gasteiger partial charge is 0.273 e. The van der Waals surface area contributed by atoms with Crippen molar-refractivity contribution in [3.63, 3.8) is 0 Å². The molecule has 7 nitrogen and oxygen atoms in total. The molecule has 0 spiro atoms. The van der Waals surface area contributed by atoms with E-state index in [1.165, 1.54) is 16.2 Å². The SMILES string of the molecule is CN(C)C(=O)c1csc2c(=O)n(Cc3ccccc3C#N)c(N3CCCCC3)nc12. The van der Waals surface area contributed by atoms with Crippen LogP contribution in [0.3, 0.4) is 0 Å². The molecule has 0 aliphatic carbocycles. The second kappa shape index (κ2) is 8.28. The molecule has 154 valence electrons. The number of hydrogen-bond acceptors (Lipinski definition) is 6. The van der Waals surface area contributed by atoms with Crippen molar-refractivity contribution in [3.05, 3.63) is 56.7 Å². The summed E-state index contributed by atoms with van der Waals surface area (Å²) in [4.78, 5) is 34.6. The number of anilines is 1. The number of rotatable bonds is 4. The summed E-state index contributed by atoms with van der Waals surface area (Å²) in [5.41, 5.74) is 2.08. The van der Waals surface area contributed by atoms with Gasteiger partial charge in [-0.25, -0.2) is 4.98 Å². The molecule has 1 aliphatic heterocycles. The second-order valence-corrected chi connectivity index (χ2v) is 8.53. The Morgan fingerprint density at radius 1 is 1.23 bits per heavy atom. The first-order valence-electron chi connectivity index (χ1n) is 9.98. The molecule has 8 heteroatoms. The second-order valence-electron chi connectivity index (χ2n) is 7.65. The molecule has 1 aromatic carbocycles. The van der Waals surface area contributed by atoms with Crippen LogP contribution in [0.5, 0.6) is 0 Å². The summed E-state index contributed by atoms with van der Waals surface area (Å²) in [6.07, 6.45) is 3.23. The lowest BCUT2D eigenvalue weighted by Crippen LogP contribution is -2.36. The largest absolute Gasteiger partial charge is 0.345 e. The van der Waals surface area contributed by atoms with Crippen molar-refractivity contribution >= 4 is 33.4 Å². The Morgan fingerprint density at radius 3 is 2.67 bits per heavy atom. The van der Waals surface area contributed by atoms with Crippen LogP contribution in [0.15, 0.2) is 34.4 Å². The third-order valence-corrected chi connectivity index (χ3v) is 6.36. The molecular formula is C22H23N5O2S. The highest BCUT2D eigenvalue weighted by Crippen LogP contribution is 2.27. The van der Waals surface area contributed by atoms with Crippen molar-refractivity contribution < 1.29 is 4.79 Å². The molecule has 30 heavy (non-hydrogen) atoms. The van der Waals surface area contributed by atoms with Gasteiger partial charge in [-0.1, -0.05) is 18.2 Å². The fraction of sp³-hybridized carbons (Fsp3) is 0.364. The zero-order valence-electron chi connectivity index (χ0n) is 17.1. The minimum Gasteiger partial charge on any atom is -0.345 e. The summed E-state index contributed by atoms with van der Waals surface area (Å²) in [7, 11) is 3.38. The van der Waals surface area contributed by atoms with E-state index in [0.29, 0.717) is 27.3 Å². The third kappa shape index (κ3) is 3.57. The van der Waals surface area contributed by atoms with Crippen molar-refractivity contribution in [2.24, 2.45) is 0 Å². The van der Waals surface area contributed by atoms with Crippen molar-refractivity contribution in [2.75, 3.05) is 32.1 Å². The molecule has 0 radical (unpaired) electrons. The average molecular weight is 422 g/mol. The molecule has 2 aromatic heterocycles. The Bertz CT molecular complexity index is 1200. The molecule has 1 amide bonds. The first-order valence-corrected chi connectivity index (χ1v) is 10.9. The van der Waals surface area contributed by atoms with E-state index < -0.39 is 0 Å². The monoisotopic (exact) mass is 421 g/mol. The molecule has 0 unspecified atom stereocenters. The van der Waals surface area contributed by atoms with Crippen molar-refractivity contribution in [3.8, 4) is 6.07 Å². The van der Waals surface area contributed by atoms with Crippen LogP contribution in [0.25, 0.3) is 10.2 Å². The molecule has 4 rings (SSSR count). The van der Waals surface area contributed by atoms with Crippen LogP contribution in [-0.2, 0) is 6.54 Å². The molecule has 3 aromatic rings. The number of piperidine rings is 1. The average Bonchev–Trinajstić information content (AvgIpc) is 3.20. The van der Waals surface area contributed by atoms with Crippen LogP contribution in [0.1, 0.15) is 40.7 Å². The van der Waals surface area contributed by atoms with E-state index in [9.17, 15) is 14.9 Å². The van der Waals surface area contributed by atoms with Crippen LogP contribution in [-0.4, -0.2) is 47.5 Å². The molecule has 1 fully saturated rings. The molecule has 1 saturated heterocycles. The summed E-state index contributed by atoms with van der Waals surface area (Å²) in [5.74, 6) is 0.413. The van der Waals surface area contributed by atoms with E-state index in [4.69, 9.17) is 4.98 Å². The van der Waals surface area contributed by atoms with Crippen molar-refractivity contribution in [1.29, 1.82) is 5.26 Å². The van der Waals surface area contributed by atoms with Gasteiger partial charge in [-0.15, -0.1) is 11.3 Å². The molecular weight excluding hydrogens is 398 g/mol. The molecule has 3 heterocycles. The minimum atomic E-state index is -0.170. The van der Waals surface area contributed by atoms with Gasteiger partial charge < -0.3 is 9.80 Å². The van der Waals surface area contributed by atoms with Crippen LogP contribution >= 0.6 is 11.3 Å². The maximum Gasteiger partial charge on any atom is 0.273 e. The van der Waals surface area contributed by atoms with Gasteiger partial charge in [0.05, 0.1) is 23.7 Å². The van der Waals surface area contributed by atoms with E-state index in [1.807, 2.05) is 18.2 Å². The third-order valence-electron chi connectivity index (χ3n) is 5.40. The highest BCUT2D eigenvalue weighted by Gasteiger charge is 2.24. The van der Waals surface area contributed by atoms with Gasteiger partial charge in [-0.2, -0.15) is 5.26 Å². The zero-order valence-corrected chi connectivity index (χ0v) is 17.9. The van der Waals surface area contributed by atoms with E-state index >= 15 is 0 Å². The topological polar surface area (TPSA) is 82.2 Å². The number of nitrogens with zero attached hydrogens (tertiary/aromatic N) is 5. The Hall–Kier alpha value is -3.18. The lowest BCUT2D eigenvalue weighted by molar-refractivity contribution is 0.0829. The zero-order chi connectivity index (χ0) is 21.3. The predicted molar refractivity (Wildman–Crippen MR) is 118 cm³/mol. The van der Waals surface area contributed by atoms with Crippen molar-refractivity contribution in [2.45, 2.75) is 25.8 Å². The van der Waals surface area contributed by atoms with Gasteiger partial charge in [-0.05, 0) is 30.9 Å². The Labute approximate surface area is 178 Å². The summed E-state index contributed by atoms with van der Waals surface area (Å²) in [5, 5.41) is 11.2. The quantitative estimate of drug-likeness (QED) is 0.647. The van der Waals surface area contributed by atoms with Gasteiger partial charge in [0.15, 0.2) is 0 Å². The van der Waals surface area contributed by atoms with Gasteiger partial charge in [0, 0.05) is 32.6 Å². The number of carbonyl (C=O) groups excluding carboxylic acids is 1. The van der Waals surface area contributed by atoms with Crippen LogP contribution in [0, 0.1) is 11.3 Å². The molecule has 0 bridgehead atoms. The van der Waals surface area contributed by atoms with Crippen LogP contribution in [0.2, 0.25) is 0 Å². The molecule has 0 N–H and O–H groups in total. The molecule has 0 saturated carbocycles. The summed E-state index contributed by atoms with van der Waals surface area (Å²) in [6, 6.07) is 9.51. The van der Waals surface area contributed by atoms with Gasteiger partial charge in [0.2, 0.25) is 5.95 Å². The number of thiophene rings is 1. The maximum absolute atomic E-state index is 13.5. The van der Waals surface area contributed by atoms with Gasteiger partial charge in [0.25, 0.3) is 11.5 Å². The standard InChI is InChI=1S/C22H23N5O2S/c1-25(2)20(28)17-14-30-19-18(17)24-22(26-10-6-3-7-11-26)27(21(19)29)13-16-9-5-4-8-15(16)12-23/h4-5,8-9,14H,3,6-7,10-11,13H2,1-2H3. The number of amides is 1. The highest BCUT2D eigenvalue weighted by atomic mass is 32.1. The van der Waals surface area contributed by atoms with Gasteiger partial charge >= 0.3 is 0 Å². The first-order chi connectivity index (χ1) is 14.5. The van der Waals surface area contributed by atoms with E-state index in [1.54, 1.807) is 30.1 Å². The number of hydrogen-bond donors (Lipinski definition) is 0.